The van der Waals surface area contributed by atoms with Crippen LogP contribution in [0.1, 0.15) is 6.42 Å². The third kappa shape index (κ3) is 3.13. The second-order valence-electron chi connectivity index (χ2n) is 4.82. The smallest absolute Gasteiger partial charge is 0.276 e. The molecule has 0 aromatic carbocycles. The van der Waals surface area contributed by atoms with Crippen molar-refractivity contribution in [1.82, 2.24) is 14.8 Å². The van der Waals surface area contributed by atoms with E-state index >= 15 is 0 Å². The number of hydrogen-bond acceptors (Lipinski definition) is 4. The van der Waals surface area contributed by atoms with E-state index in [0.717, 1.165) is 0 Å². The Labute approximate surface area is 119 Å². The minimum atomic E-state index is -2.71. The molecular weight excluding hydrogens is 280 g/mol. The SMILES string of the molecule is O=c1ccc(-c2ccccn2)nn1CCOC1CC1(F)F. The van der Waals surface area contributed by atoms with Crippen LogP contribution in [0.4, 0.5) is 8.78 Å². The van der Waals surface area contributed by atoms with Gasteiger partial charge in [-0.25, -0.2) is 13.5 Å². The first-order valence-corrected chi connectivity index (χ1v) is 6.55. The van der Waals surface area contributed by atoms with Crippen molar-refractivity contribution in [3.8, 4) is 11.4 Å². The molecule has 7 heteroatoms. The highest BCUT2D eigenvalue weighted by atomic mass is 19.3. The molecule has 1 saturated carbocycles. The van der Waals surface area contributed by atoms with Crippen LogP contribution in [-0.2, 0) is 11.3 Å². The molecule has 0 amide bonds. The maximum atomic E-state index is 12.7. The molecule has 110 valence electrons. The zero-order chi connectivity index (χ0) is 14.9. The average Bonchev–Trinajstić information content (AvgIpc) is 3.09. The van der Waals surface area contributed by atoms with E-state index in [0.29, 0.717) is 11.4 Å². The molecule has 0 radical (unpaired) electrons. The van der Waals surface area contributed by atoms with Crippen LogP contribution >= 0.6 is 0 Å². The summed E-state index contributed by atoms with van der Waals surface area (Å²) >= 11 is 0. The molecule has 0 aliphatic heterocycles. The van der Waals surface area contributed by atoms with Gasteiger partial charge in [-0.05, 0) is 18.2 Å². The lowest BCUT2D eigenvalue weighted by atomic mass is 10.2. The molecule has 21 heavy (non-hydrogen) atoms. The minimum Gasteiger partial charge on any atom is -0.370 e. The highest BCUT2D eigenvalue weighted by molar-refractivity contribution is 5.52. The van der Waals surface area contributed by atoms with Crippen molar-refractivity contribution in [2.75, 3.05) is 6.61 Å². The van der Waals surface area contributed by atoms with E-state index in [1.54, 1.807) is 24.4 Å². The predicted molar refractivity (Wildman–Crippen MR) is 71.0 cm³/mol. The molecule has 2 aromatic rings. The summed E-state index contributed by atoms with van der Waals surface area (Å²) in [7, 11) is 0. The van der Waals surface area contributed by atoms with Crippen LogP contribution in [0.2, 0.25) is 0 Å². The molecule has 2 aromatic heterocycles. The Bertz CT molecular complexity index is 688. The Morgan fingerprint density at radius 1 is 1.29 bits per heavy atom. The molecule has 1 atom stereocenters. The minimum absolute atomic E-state index is 0.0266. The van der Waals surface area contributed by atoms with E-state index in [1.165, 1.54) is 10.7 Å². The normalized spacial score (nSPS) is 19.4. The van der Waals surface area contributed by atoms with Crippen LogP contribution in [0.5, 0.6) is 0 Å². The fraction of sp³-hybridized carbons (Fsp3) is 0.357. The molecule has 0 saturated heterocycles. The lowest BCUT2D eigenvalue weighted by Gasteiger charge is -2.07. The monoisotopic (exact) mass is 293 g/mol. The summed E-state index contributed by atoms with van der Waals surface area (Å²) in [6.07, 6.45) is 0.362. The lowest BCUT2D eigenvalue weighted by Crippen LogP contribution is -2.25. The van der Waals surface area contributed by atoms with E-state index < -0.39 is 12.0 Å². The fourth-order valence-corrected chi connectivity index (χ4v) is 1.91. The second kappa shape index (κ2) is 5.33. The number of rotatable bonds is 5. The van der Waals surface area contributed by atoms with Gasteiger partial charge in [-0.15, -0.1) is 0 Å². The van der Waals surface area contributed by atoms with Crippen molar-refractivity contribution in [1.29, 1.82) is 0 Å². The molecule has 1 fully saturated rings. The zero-order valence-electron chi connectivity index (χ0n) is 11.1. The number of ether oxygens (including phenoxy) is 1. The quantitative estimate of drug-likeness (QED) is 0.842. The van der Waals surface area contributed by atoms with Gasteiger partial charge >= 0.3 is 0 Å². The molecule has 1 aliphatic carbocycles. The Kier molecular flexibility index (Phi) is 3.50. The zero-order valence-corrected chi connectivity index (χ0v) is 11.1. The van der Waals surface area contributed by atoms with E-state index in [2.05, 4.69) is 10.1 Å². The standard InChI is InChI=1S/C14H13F2N3O2/c15-14(16)9-12(14)21-8-7-19-13(20)5-4-11(18-19)10-3-1-2-6-17-10/h1-6,12H,7-9H2. The first-order chi connectivity index (χ1) is 10.1. The summed E-state index contributed by atoms with van der Waals surface area (Å²) in [5.41, 5.74) is 0.883. The van der Waals surface area contributed by atoms with Crippen LogP contribution in [0.3, 0.4) is 0 Å². The Balaban J connectivity index is 1.69. The van der Waals surface area contributed by atoms with Crippen LogP contribution in [-0.4, -0.2) is 33.4 Å². The van der Waals surface area contributed by atoms with Gasteiger partial charge in [0.05, 0.1) is 18.8 Å². The van der Waals surface area contributed by atoms with Gasteiger partial charge in [0, 0.05) is 18.7 Å². The Hall–Kier alpha value is -2.15. The summed E-state index contributed by atoms with van der Waals surface area (Å²) in [5.74, 6) is -2.71. The molecule has 0 N–H and O–H groups in total. The first kappa shape index (κ1) is 13.8. The van der Waals surface area contributed by atoms with Crippen molar-refractivity contribution in [3.05, 3.63) is 46.9 Å². The van der Waals surface area contributed by atoms with E-state index in [4.69, 9.17) is 4.74 Å². The van der Waals surface area contributed by atoms with Crippen molar-refractivity contribution >= 4 is 0 Å². The lowest BCUT2D eigenvalue weighted by molar-refractivity contribution is 0.00973. The maximum Gasteiger partial charge on any atom is 0.276 e. The van der Waals surface area contributed by atoms with Crippen LogP contribution in [0.25, 0.3) is 11.4 Å². The van der Waals surface area contributed by atoms with Gasteiger partial charge in [0.2, 0.25) is 0 Å². The molecule has 2 heterocycles. The molecular formula is C14H13F2N3O2. The van der Waals surface area contributed by atoms with Crippen molar-refractivity contribution in [3.63, 3.8) is 0 Å². The molecule has 5 nitrogen and oxygen atoms in total. The Morgan fingerprint density at radius 2 is 2.10 bits per heavy atom. The summed E-state index contributed by atoms with van der Waals surface area (Å²) in [6, 6.07) is 8.33. The van der Waals surface area contributed by atoms with Crippen LogP contribution < -0.4 is 5.56 Å². The summed E-state index contributed by atoms with van der Waals surface area (Å²) in [5, 5.41) is 4.17. The van der Waals surface area contributed by atoms with Crippen molar-refractivity contribution in [2.45, 2.75) is 25.0 Å². The maximum absolute atomic E-state index is 12.7. The highest BCUT2D eigenvalue weighted by Gasteiger charge is 2.58. The second-order valence-corrected chi connectivity index (χ2v) is 4.82. The number of alkyl halides is 2. The predicted octanol–water partition coefficient (Wildman–Crippen LogP) is 1.73. The molecule has 1 aliphatic rings. The summed E-state index contributed by atoms with van der Waals surface area (Å²) < 4.78 is 31.5. The average molecular weight is 293 g/mol. The van der Waals surface area contributed by atoms with Crippen molar-refractivity contribution < 1.29 is 13.5 Å². The number of aromatic nitrogens is 3. The van der Waals surface area contributed by atoms with Crippen molar-refractivity contribution in [2.24, 2.45) is 0 Å². The van der Waals surface area contributed by atoms with E-state index in [1.807, 2.05) is 6.07 Å². The topological polar surface area (TPSA) is 57.0 Å². The van der Waals surface area contributed by atoms with Gasteiger partial charge in [0.1, 0.15) is 11.8 Å². The van der Waals surface area contributed by atoms with Crippen LogP contribution in [0, 0.1) is 0 Å². The fourth-order valence-electron chi connectivity index (χ4n) is 1.91. The first-order valence-electron chi connectivity index (χ1n) is 6.55. The summed E-state index contributed by atoms with van der Waals surface area (Å²) in [4.78, 5) is 15.8. The van der Waals surface area contributed by atoms with E-state index in [-0.39, 0.29) is 25.1 Å². The van der Waals surface area contributed by atoms with Gasteiger partial charge < -0.3 is 4.74 Å². The van der Waals surface area contributed by atoms with Gasteiger partial charge in [0.25, 0.3) is 11.5 Å². The third-order valence-electron chi connectivity index (χ3n) is 3.18. The number of nitrogens with zero attached hydrogens (tertiary/aromatic N) is 3. The van der Waals surface area contributed by atoms with E-state index in [9.17, 15) is 13.6 Å². The van der Waals surface area contributed by atoms with Gasteiger partial charge in [0.15, 0.2) is 0 Å². The molecule has 0 spiro atoms. The highest BCUT2D eigenvalue weighted by Crippen LogP contribution is 2.44. The summed E-state index contributed by atoms with van der Waals surface area (Å²) in [6.45, 7) is 0.158. The number of hydrogen-bond donors (Lipinski definition) is 0. The van der Waals surface area contributed by atoms with Gasteiger partial charge in [-0.3, -0.25) is 9.78 Å². The molecule has 3 rings (SSSR count). The number of halogens is 2. The largest absolute Gasteiger partial charge is 0.370 e. The third-order valence-corrected chi connectivity index (χ3v) is 3.18. The van der Waals surface area contributed by atoms with Gasteiger partial charge in [-0.2, -0.15) is 5.10 Å². The Morgan fingerprint density at radius 3 is 2.76 bits per heavy atom. The van der Waals surface area contributed by atoms with Crippen LogP contribution in [0.15, 0.2) is 41.3 Å². The molecule has 1 unspecified atom stereocenters. The number of pyridine rings is 1. The van der Waals surface area contributed by atoms with Gasteiger partial charge in [-0.1, -0.05) is 6.07 Å². The molecule has 0 bridgehead atoms.